The van der Waals surface area contributed by atoms with Crippen molar-refractivity contribution in [2.45, 2.75) is 33.2 Å². The van der Waals surface area contributed by atoms with E-state index in [0.29, 0.717) is 12.5 Å². The van der Waals surface area contributed by atoms with Crippen molar-refractivity contribution in [2.24, 2.45) is 5.73 Å². The molecule has 0 spiro atoms. The van der Waals surface area contributed by atoms with Crippen LogP contribution in [0, 0.1) is 6.92 Å². The van der Waals surface area contributed by atoms with Gasteiger partial charge in [0.25, 0.3) is 0 Å². The first-order valence-corrected chi connectivity index (χ1v) is 7.57. The maximum Gasteiger partial charge on any atom is 0.133 e. The zero-order chi connectivity index (χ0) is 14.7. The van der Waals surface area contributed by atoms with Crippen molar-refractivity contribution in [2.75, 3.05) is 0 Å². The van der Waals surface area contributed by atoms with Gasteiger partial charge >= 0.3 is 0 Å². The van der Waals surface area contributed by atoms with Crippen LogP contribution in [0.4, 0.5) is 0 Å². The van der Waals surface area contributed by atoms with E-state index in [-0.39, 0.29) is 0 Å². The van der Waals surface area contributed by atoms with Gasteiger partial charge in [-0.05, 0) is 42.2 Å². The van der Waals surface area contributed by atoms with Crippen molar-refractivity contribution in [3.8, 4) is 11.5 Å². The quantitative estimate of drug-likeness (QED) is 0.841. The highest BCUT2D eigenvalue weighted by atomic mass is 79.9. The molecule has 20 heavy (non-hydrogen) atoms. The van der Waals surface area contributed by atoms with Crippen molar-refractivity contribution in [1.82, 2.24) is 0 Å². The molecule has 2 rings (SSSR count). The highest BCUT2D eigenvalue weighted by Crippen LogP contribution is 2.32. The van der Waals surface area contributed by atoms with Crippen molar-refractivity contribution < 1.29 is 4.74 Å². The lowest BCUT2D eigenvalue weighted by molar-refractivity contribution is 0.471. The Bertz CT molecular complexity index is 608. The maximum atomic E-state index is 6.09. The third-order valence-corrected chi connectivity index (χ3v) is 3.84. The highest BCUT2D eigenvalue weighted by molar-refractivity contribution is 9.10. The SMILES string of the molecule is Cc1ccc(C(C)C)cc1Oc1cc(Br)ccc1CN. The van der Waals surface area contributed by atoms with Gasteiger partial charge in [0.15, 0.2) is 0 Å². The van der Waals surface area contributed by atoms with E-state index in [2.05, 4.69) is 54.9 Å². The first-order chi connectivity index (χ1) is 9.51. The van der Waals surface area contributed by atoms with Crippen molar-refractivity contribution in [3.63, 3.8) is 0 Å². The van der Waals surface area contributed by atoms with E-state index in [1.54, 1.807) is 0 Å². The van der Waals surface area contributed by atoms with E-state index >= 15 is 0 Å². The van der Waals surface area contributed by atoms with Crippen molar-refractivity contribution in [3.05, 3.63) is 57.6 Å². The lowest BCUT2D eigenvalue weighted by Gasteiger charge is -2.15. The molecule has 0 amide bonds. The van der Waals surface area contributed by atoms with Crippen LogP contribution in [0.25, 0.3) is 0 Å². The Balaban J connectivity index is 2.39. The largest absolute Gasteiger partial charge is 0.457 e. The summed E-state index contributed by atoms with van der Waals surface area (Å²) in [5, 5.41) is 0. The van der Waals surface area contributed by atoms with E-state index in [1.807, 2.05) is 18.2 Å². The molecule has 0 radical (unpaired) electrons. The van der Waals surface area contributed by atoms with Crippen LogP contribution in [0.15, 0.2) is 40.9 Å². The van der Waals surface area contributed by atoms with E-state index in [9.17, 15) is 0 Å². The predicted octanol–water partition coefficient (Wildman–Crippen LogP) is 5.13. The number of hydrogen-bond acceptors (Lipinski definition) is 2. The molecule has 0 aliphatic rings. The molecule has 0 saturated carbocycles. The van der Waals surface area contributed by atoms with Gasteiger partial charge in [-0.1, -0.05) is 48.0 Å². The van der Waals surface area contributed by atoms with Gasteiger partial charge in [0.2, 0.25) is 0 Å². The van der Waals surface area contributed by atoms with E-state index < -0.39 is 0 Å². The molecule has 2 aromatic carbocycles. The van der Waals surface area contributed by atoms with Gasteiger partial charge in [0, 0.05) is 16.6 Å². The molecule has 0 atom stereocenters. The molecular formula is C17H20BrNO. The average molecular weight is 334 g/mol. The third kappa shape index (κ3) is 3.41. The minimum Gasteiger partial charge on any atom is -0.457 e. The second-order valence-corrected chi connectivity index (χ2v) is 6.15. The van der Waals surface area contributed by atoms with E-state index in [1.165, 1.54) is 5.56 Å². The maximum absolute atomic E-state index is 6.09. The number of rotatable bonds is 4. The molecular weight excluding hydrogens is 314 g/mol. The van der Waals surface area contributed by atoms with Crippen molar-refractivity contribution in [1.29, 1.82) is 0 Å². The minimum absolute atomic E-state index is 0.464. The normalized spacial score (nSPS) is 10.9. The topological polar surface area (TPSA) is 35.2 Å². The summed E-state index contributed by atoms with van der Waals surface area (Å²) in [6, 6.07) is 12.3. The fourth-order valence-electron chi connectivity index (χ4n) is 2.00. The summed E-state index contributed by atoms with van der Waals surface area (Å²) in [5.41, 5.74) is 9.17. The molecule has 0 aliphatic heterocycles. The van der Waals surface area contributed by atoms with E-state index in [4.69, 9.17) is 10.5 Å². The molecule has 0 fully saturated rings. The zero-order valence-electron chi connectivity index (χ0n) is 12.1. The Labute approximate surface area is 129 Å². The van der Waals surface area contributed by atoms with Crippen LogP contribution in [0.2, 0.25) is 0 Å². The first-order valence-electron chi connectivity index (χ1n) is 6.78. The molecule has 106 valence electrons. The van der Waals surface area contributed by atoms with Gasteiger partial charge in [-0.2, -0.15) is 0 Å². The molecule has 3 heteroatoms. The lowest BCUT2D eigenvalue weighted by atomic mass is 10.0. The smallest absolute Gasteiger partial charge is 0.133 e. The molecule has 2 aromatic rings. The summed E-state index contributed by atoms with van der Waals surface area (Å²) in [5.74, 6) is 2.18. The molecule has 0 aromatic heterocycles. The molecule has 0 aliphatic carbocycles. The number of halogens is 1. The Morgan fingerprint density at radius 3 is 2.50 bits per heavy atom. The van der Waals surface area contributed by atoms with Crippen LogP contribution in [-0.4, -0.2) is 0 Å². The zero-order valence-corrected chi connectivity index (χ0v) is 13.7. The standard InChI is InChI=1S/C17H20BrNO/c1-11(2)13-5-4-12(3)16(8-13)20-17-9-15(18)7-6-14(17)10-19/h4-9,11H,10,19H2,1-3H3. The Kier molecular flexibility index (Phi) is 4.84. The summed E-state index contributed by atoms with van der Waals surface area (Å²) in [7, 11) is 0. The van der Waals surface area contributed by atoms with Gasteiger partial charge < -0.3 is 10.5 Å². The van der Waals surface area contributed by atoms with Crippen molar-refractivity contribution >= 4 is 15.9 Å². The Morgan fingerprint density at radius 2 is 1.85 bits per heavy atom. The van der Waals surface area contributed by atoms with Gasteiger partial charge in [-0.25, -0.2) is 0 Å². The predicted molar refractivity (Wildman–Crippen MR) is 87.4 cm³/mol. The third-order valence-electron chi connectivity index (χ3n) is 3.35. The molecule has 0 bridgehead atoms. The first kappa shape index (κ1) is 15.1. The second-order valence-electron chi connectivity index (χ2n) is 5.24. The van der Waals surface area contributed by atoms with Gasteiger partial charge in [0.1, 0.15) is 11.5 Å². The summed E-state index contributed by atoms with van der Waals surface area (Å²) in [6.45, 7) is 6.88. The summed E-state index contributed by atoms with van der Waals surface area (Å²) < 4.78 is 7.08. The fourth-order valence-corrected chi connectivity index (χ4v) is 2.34. The molecule has 2 nitrogen and oxygen atoms in total. The molecule has 0 saturated heterocycles. The monoisotopic (exact) mass is 333 g/mol. The summed E-state index contributed by atoms with van der Waals surface area (Å²) >= 11 is 3.47. The average Bonchev–Trinajstić information content (AvgIpc) is 2.41. The second kappa shape index (κ2) is 6.42. The van der Waals surface area contributed by atoms with Gasteiger partial charge in [-0.3, -0.25) is 0 Å². The number of ether oxygens (including phenoxy) is 1. The molecule has 0 unspecified atom stereocenters. The fraction of sp³-hybridized carbons (Fsp3) is 0.294. The van der Waals surface area contributed by atoms with Crippen LogP contribution in [-0.2, 0) is 6.54 Å². The summed E-state index contributed by atoms with van der Waals surface area (Å²) in [6.07, 6.45) is 0. The number of benzene rings is 2. The van der Waals surface area contributed by atoms with Gasteiger partial charge in [0.05, 0.1) is 0 Å². The van der Waals surface area contributed by atoms with Gasteiger partial charge in [-0.15, -0.1) is 0 Å². The van der Waals surface area contributed by atoms with Crippen LogP contribution in [0.3, 0.4) is 0 Å². The number of nitrogens with two attached hydrogens (primary N) is 1. The Morgan fingerprint density at radius 1 is 1.10 bits per heavy atom. The highest BCUT2D eigenvalue weighted by Gasteiger charge is 2.09. The minimum atomic E-state index is 0.464. The van der Waals surface area contributed by atoms with Crippen LogP contribution < -0.4 is 10.5 Å². The van der Waals surface area contributed by atoms with Crippen LogP contribution in [0.1, 0.15) is 36.5 Å². The number of hydrogen-bond donors (Lipinski definition) is 1. The van der Waals surface area contributed by atoms with Crippen LogP contribution in [0.5, 0.6) is 11.5 Å². The molecule has 0 heterocycles. The lowest BCUT2D eigenvalue weighted by Crippen LogP contribution is -2.00. The van der Waals surface area contributed by atoms with E-state index in [0.717, 1.165) is 27.1 Å². The number of aryl methyl sites for hydroxylation is 1. The molecule has 2 N–H and O–H groups in total. The summed E-state index contributed by atoms with van der Waals surface area (Å²) in [4.78, 5) is 0. The van der Waals surface area contributed by atoms with Crippen LogP contribution >= 0.6 is 15.9 Å². The Hall–Kier alpha value is -1.32.